The minimum Gasteiger partial charge on any atom is -0.351 e. The summed E-state index contributed by atoms with van der Waals surface area (Å²) in [7, 11) is 2.09. The summed E-state index contributed by atoms with van der Waals surface area (Å²) in [6.07, 6.45) is 0.738. The maximum Gasteiger partial charge on any atom is 0.156 e. The number of nitrogens with zero attached hydrogens (tertiary/aromatic N) is 4. The van der Waals surface area contributed by atoms with Gasteiger partial charge < -0.3 is 9.80 Å². The number of aromatic nitrogens is 2. The van der Waals surface area contributed by atoms with E-state index in [9.17, 15) is 4.79 Å². The molecule has 2 rings (SSSR count). The number of anilines is 1. The Kier molecular flexibility index (Phi) is 3.82. The molecule has 1 aromatic rings. The lowest BCUT2D eigenvalue weighted by molar-refractivity contribution is 0.112. The lowest BCUT2D eigenvalue weighted by Crippen LogP contribution is -2.51. The number of aldehydes is 1. The number of carbonyl (C=O) groups is 1. The Balaban J connectivity index is 2.40. The van der Waals surface area contributed by atoms with Crippen LogP contribution >= 0.6 is 11.6 Å². The highest BCUT2D eigenvalue weighted by atomic mass is 35.5. The van der Waals surface area contributed by atoms with E-state index in [2.05, 4.69) is 33.7 Å². The van der Waals surface area contributed by atoms with Crippen molar-refractivity contribution in [3.63, 3.8) is 0 Å². The van der Waals surface area contributed by atoms with Gasteiger partial charge in [-0.2, -0.15) is 0 Å². The van der Waals surface area contributed by atoms with Crippen molar-refractivity contribution in [2.45, 2.75) is 19.9 Å². The van der Waals surface area contributed by atoms with Gasteiger partial charge in [0.2, 0.25) is 0 Å². The van der Waals surface area contributed by atoms with Crippen molar-refractivity contribution in [1.29, 1.82) is 0 Å². The molecule has 1 aromatic heterocycles. The summed E-state index contributed by atoms with van der Waals surface area (Å²) < 4.78 is 0. The van der Waals surface area contributed by atoms with E-state index in [0.29, 0.717) is 23.2 Å². The van der Waals surface area contributed by atoms with Crippen LogP contribution in [0.4, 0.5) is 5.82 Å². The summed E-state index contributed by atoms with van der Waals surface area (Å²) in [6.45, 7) is 6.63. The molecular weight excluding hydrogens is 252 g/mol. The summed E-state index contributed by atoms with van der Waals surface area (Å²) in [5, 5.41) is 0.235. The SMILES string of the molecule is Cc1nc(Cl)c(C=O)c(N2CCN(C)CC2C)n1. The normalized spacial score (nSPS) is 21.1. The van der Waals surface area contributed by atoms with E-state index in [1.807, 2.05) is 0 Å². The first kappa shape index (κ1) is 13.2. The Morgan fingerprint density at radius 2 is 2.11 bits per heavy atom. The molecule has 0 N–H and O–H groups in total. The molecule has 18 heavy (non-hydrogen) atoms. The first-order valence-electron chi connectivity index (χ1n) is 5.97. The third-order valence-electron chi connectivity index (χ3n) is 3.21. The van der Waals surface area contributed by atoms with Gasteiger partial charge >= 0.3 is 0 Å². The molecule has 1 atom stereocenters. The monoisotopic (exact) mass is 268 g/mol. The van der Waals surface area contributed by atoms with Crippen molar-refractivity contribution in [1.82, 2.24) is 14.9 Å². The van der Waals surface area contributed by atoms with Crippen molar-refractivity contribution in [2.24, 2.45) is 0 Å². The third kappa shape index (κ3) is 2.47. The number of piperazine rings is 1. The van der Waals surface area contributed by atoms with E-state index < -0.39 is 0 Å². The first-order valence-corrected chi connectivity index (χ1v) is 6.35. The van der Waals surface area contributed by atoms with Crippen LogP contribution < -0.4 is 4.90 Å². The van der Waals surface area contributed by atoms with Gasteiger partial charge in [-0.05, 0) is 20.9 Å². The highest BCUT2D eigenvalue weighted by Gasteiger charge is 2.26. The number of halogens is 1. The van der Waals surface area contributed by atoms with E-state index >= 15 is 0 Å². The Hall–Kier alpha value is -1.20. The summed E-state index contributed by atoms with van der Waals surface area (Å²) in [4.78, 5) is 24.0. The van der Waals surface area contributed by atoms with Gasteiger partial charge in [-0.1, -0.05) is 11.6 Å². The van der Waals surface area contributed by atoms with Crippen LogP contribution in [0.3, 0.4) is 0 Å². The van der Waals surface area contributed by atoms with Crippen LogP contribution in [0.2, 0.25) is 5.15 Å². The summed E-state index contributed by atoms with van der Waals surface area (Å²) >= 11 is 6.01. The molecule has 98 valence electrons. The Labute approximate surface area is 112 Å². The van der Waals surface area contributed by atoms with E-state index in [4.69, 9.17) is 11.6 Å². The number of hydrogen-bond donors (Lipinski definition) is 0. The van der Waals surface area contributed by atoms with Crippen LogP contribution in [0.5, 0.6) is 0 Å². The Morgan fingerprint density at radius 1 is 1.39 bits per heavy atom. The summed E-state index contributed by atoms with van der Waals surface area (Å²) in [5.41, 5.74) is 0.388. The van der Waals surface area contributed by atoms with Crippen LogP contribution in [0.1, 0.15) is 23.1 Å². The van der Waals surface area contributed by atoms with Crippen molar-refractivity contribution >= 4 is 23.7 Å². The van der Waals surface area contributed by atoms with Crippen molar-refractivity contribution in [3.05, 3.63) is 16.5 Å². The summed E-state index contributed by atoms with van der Waals surface area (Å²) in [5.74, 6) is 1.25. The minimum atomic E-state index is 0.235. The molecule has 0 amide bonds. The maximum absolute atomic E-state index is 11.2. The van der Waals surface area contributed by atoms with Gasteiger partial charge in [-0.15, -0.1) is 0 Å². The van der Waals surface area contributed by atoms with Gasteiger partial charge in [-0.25, -0.2) is 9.97 Å². The lowest BCUT2D eigenvalue weighted by Gasteiger charge is -2.39. The van der Waals surface area contributed by atoms with Crippen LogP contribution in [0.15, 0.2) is 0 Å². The number of likely N-dealkylation sites (N-methyl/N-ethyl adjacent to an activating group) is 1. The smallest absolute Gasteiger partial charge is 0.156 e. The van der Waals surface area contributed by atoms with E-state index in [1.54, 1.807) is 6.92 Å². The molecule has 1 unspecified atom stereocenters. The molecule has 0 bridgehead atoms. The van der Waals surface area contributed by atoms with Crippen LogP contribution in [0, 0.1) is 6.92 Å². The average molecular weight is 269 g/mol. The molecule has 0 spiro atoms. The molecule has 6 heteroatoms. The highest BCUT2D eigenvalue weighted by molar-refractivity contribution is 6.32. The second-order valence-corrected chi connectivity index (χ2v) is 5.08. The average Bonchev–Trinajstić information content (AvgIpc) is 2.28. The van der Waals surface area contributed by atoms with Crippen molar-refractivity contribution < 1.29 is 4.79 Å². The molecule has 0 aromatic carbocycles. The number of hydrogen-bond acceptors (Lipinski definition) is 5. The third-order valence-corrected chi connectivity index (χ3v) is 3.50. The molecule has 1 saturated heterocycles. The van der Waals surface area contributed by atoms with E-state index in [-0.39, 0.29) is 5.15 Å². The van der Waals surface area contributed by atoms with Crippen molar-refractivity contribution in [3.8, 4) is 0 Å². The standard InChI is InChI=1S/C12H17ClN4O/c1-8-6-16(3)4-5-17(8)12-10(7-18)11(13)14-9(2)15-12/h7-8H,4-6H2,1-3H3. The predicted octanol–water partition coefficient (Wildman–Crippen LogP) is 1.39. The fourth-order valence-corrected chi connectivity index (χ4v) is 2.56. The second kappa shape index (κ2) is 5.20. The van der Waals surface area contributed by atoms with Gasteiger partial charge in [0.05, 0.1) is 5.56 Å². The van der Waals surface area contributed by atoms with E-state index in [0.717, 1.165) is 25.9 Å². The number of aryl methyl sites for hydroxylation is 1. The Bertz CT molecular complexity index is 466. The molecular formula is C12H17ClN4O. The first-order chi connectivity index (χ1) is 8.52. The topological polar surface area (TPSA) is 49.3 Å². The minimum absolute atomic E-state index is 0.235. The zero-order chi connectivity index (χ0) is 13.3. The molecule has 1 fully saturated rings. The second-order valence-electron chi connectivity index (χ2n) is 4.72. The largest absolute Gasteiger partial charge is 0.351 e. The van der Waals surface area contributed by atoms with Crippen LogP contribution in [-0.2, 0) is 0 Å². The number of carbonyl (C=O) groups excluding carboxylic acids is 1. The molecule has 1 aliphatic heterocycles. The molecule has 0 radical (unpaired) electrons. The molecule has 5 nitrogen and oxygen atoms in total. The van der Waals surface area contributed by atoms with Gasteiger partial charge in [0, 0.05) is 25.7 Å². The van der Waals surface area contributed by atoms with Gasteiger partial charge in [0.1, 0.15) is 16.8 Å². The van der Waals surface area contributed by atoms with Crippen LogP contribution in [0.25, 0.3) is 0 Å². The fraction of sp³-hybridized carbons (Fsp3) is 0.583. The number of rotatable bonds is 2. The quantitative estimate of drug-likeness (QED) is 0.599. The summed E-state index contributed by atoms with van der Waals surface area (Å²) in [6, 6.07) is 0.299. The zero-order valence-electron chi connectivity index (χ0n) is 10.9. The molecule has 1 aliphatic rings. The predicted molar refractivity (Wildman–Crippen MR) is 71.5 cm³/mol. The fourth-order valence-electron chi connectivity index (χ4n) is 2.31. The molecule has 2 heterocycles. The molecule has 0 aliphatic carbocycles. The molecule has 0 saturated carbocycles. The maximum atomic E-state index is 11.2. The van der Waals surface area contributed by atoms with Crippen molar-refractivity contribution in [2.75, 3.05) is 31.6 Å². The van der Waals surface area contributed by atoms with Crippen LogP contribution in [-0.4, -0.2) is 53.9 Å². The Morgan fingerprint density at radius 3 is 2.72 bits per heavy atom. The van der Waals surface area contributed by atoms with E-state index in [1.165, 1.54) is 0 Å². The van der Waals surface area contributed by atoms with Gasteiger partial charge in [0.15, 0.2) is 6.29 Å². The van der Waals surface area contributed by atoms with Gasteiger partial charge in [0.25, 0.3) is 0 Å². The zero-order valence-corrected chi connectivity index (χ0v) is 11.6. The lowest BCUT2D eigenvalue weighted by atomic mass is 10.1. The highest BCUT2D eigenvalue weighted by Crippen LogP contribution is 2.25. The van der Waals surface area contributed by atoms with Gasteiger partial charge in [-0.3, -0.25) is 4.79 Å².